The van der Waals surface area contributed by atoms with Gasteiger partial charge < -0.3 is 4.74 Å². The smallest absolute Gasteiger partial charge is 0.306 e. The Bertz CT molecular complexity index is 190. The van der Waals surface area contributed by atoms with Crippen LogP contribution in [0, 0.1) is 0 Å². The number of allylic oxidation sites excluding steroid dienone is 1. The third-order valence-corrected chi connectivity index (χ3v) is 2.82. The highest BCUT2D eigenvalue weighted by Crippen LogP contribution is 2.07. The Labute approximate surface area is 108 Å². The van der Waals surface area contributed by atoms with E-state index in [1.54, 1.807) is 0 Å². The van der Waals surface area contributed by atoms with Crippen molar-refractivity contribution in [3.05, 3.63) is 12.2 Å². The molecule has 0 radical (unpaired) electrons. The summed E-state index contributed by atoms with van der Waals surface area (Å²) in [7, 11) is 0. The van der Waals surface area contributed by atoms with Gasteiger partial charge in [0, 0.05) is 11.8 Å². The fourth-order valence-corrected chi connectivity index (χ4v) is 1.74. The number of unbranched alkanes of at least 4 members (excludes halogenated alkanes) is 4. The fourth-order valence-electron chi connectivity index (χ4n) is 1.34. The van der Waals surface area contributed by atoms with Crippen molar-refractivity contribution in [1.29, 1.82) is 0 Å². The Kier molecular flexibility index (Phi) is 12.5. The molecule has 0 bridgehead atoms. The summed E-state index contributed by atoms with van der Waals surface area (Å²) < 4.78 is 5.04. The molecule has 0 aliphatic heterocycles. The van der Waals surface area contributed by atoms with Crippen molar-refractivity contribution < 1.29 is 9.53 Å². The van der Waals surface area contributed by atoms with Crippen LogP contribution in [0.25, 0.3) is 0 Å². The number of alkyl halides is 1. The fraction of sp³-hybridized carbons (Fsp3) is 0.769. The molecule has 0 unspecified atom stereocenters. The summed E-state index contributed by atoms with van der Waals surface area (Å²) in [6.45, 7) is 2.49. The molecule has 3 heteroatoms. The maximum absolute atomic E-state index is 11.2. The number of hydrogen-bond donors (Lipinski definition) is 0. The molecule has 0 amide bonds. The molecule has 0 aliphatic rings. The summed E-state index contributed by atoms with van der Waals surface area (Å²) in [5.41, 5.74) is 0. The van der Waals surface area contributed by atoms with E-state index in [1.807, 2.05) is 12.2 Å². The molecular formula is C13H23BrO2. The minimum absolute atomic E-state index is 0.0683. The average Bonchev–Trinajstić information content (AvgIpc) is 2.29. The van der Waals surface area contributed by atoms with Gasteiger partial charge in [-0.2, -0.15) is 0 Å². The largest absolute Gasteiger partial charge is 0.461 e. The van der Waals surface area contributed by atoms with Crippen LogP contribution in [0.5, 0.6) is 0 Å². The first kappa shape index (κ1) is 15.7. The van der Waals surface area contributed by atoms with Gasteiger partial charge in [-0.3, -0.25) is 4.79 Å². The summed E-state index contributed by atoms with van der Waals surface area (Å²) >= 11 is 3.40. The van der Waals surface area contributed by atoms with Crippen LogP contribution >= 0.6 is 15.9 Å². The topological polar surface area (TPSA) is 26.3 Å². The van der Waals surface area contributed by atoms with Gasteiger partial charge in [-0.05, 0) is 19.3 Å². The molecule has 0 saturated heterocycles. The van der Waals surface area contributed by atoms with E-state index >= 15 is 0 Å². The van der Waals surface area contributed by atoms with Crippen molar-refractivity contribution in [2.24, 2.45) is 0 Å². The van der Waals surface area contributed by atoms with Gasteiger partial charge in [0.1, 0.15) is 6.61 Å². The van der Waals surface area contributed by atoms with Crippen molar-refractivity contribution in [2.75, 3.05) is 11.9 Å². The zero-order valence-corrected chi connectivity index (χ0v) is 11.8. The average molecular weight is 291 g/mol. The minimum Gasteiger partial charge on any atom is -0.461 e. The lowest BCUT2D eigenvalue weighted by molar-refractivity contribution is -0.142. The van der Waals surface area contributed by atoms with E-state index in [0.29, 0.717) is 13.0 Å². The summed E-state index contributed by atoms with van der Waals surface area (Å²) in [5, 5.41) is 1.08. The van der Waals surface area contributed by atoms with Crippen molar-refractivity contribution in [3.63, 3.8) is 0 Å². The first-order chi connectivity index (χ1) is 7.81. The summed E-state index contributed by atoms with van der Waals surface area (Å²) in [4.78, 5) is 11.2. The quantitative estimate of drug-likeness (QED) is 0.260. The predicted octanol–water partition coefficient (Wildman–Crippen LogP) is 4.23. The molecule has 0 aromatic rings. The van der Waals surface area contributed by atoms with Crippen LogP contribution < -0.4 is 0 Å². The Balaban J connectivity index is 3.20. The van der Waals surface area contributed by atoms with Crippen molar-refractivity contribution in [2.45, 2.75) is 51.9 Å². The maximum Gasteiger partial charge on any atom is 0.306 e. The van der Waals surface area contributed by atoms with E-state index in [0.717, 1.165) is 24.6 Å². The van der Waals surface area contributed by atoms with E-state index in [4.69, 9.17) is 4.74 Å². The number of rotatable bonds is 10. The first-order valence-electron chi connectivity index (χ1n) is 6.17. The van der Waals surface area contributed by atoms with E-state index < -0.39 is 0 Å². The van der Waals surface area contributed by atoms with Gasteiger partial charge in [0.15, 0.2) is 0 Å². The maximum atomic E-state index is 11.2. The van der Waals surface area contributed by atoms with Gasteiger partial charge in [-0.1, -0.05) is 54.3 Å². The number of carbonyl (C=O) groups is 1. The molecule has 0 saturated carbocycles. The van der Waals surface area contributed by atoms with Crippen molar-refractivity contribution >= 4 is 21.9 Å². The van der Waals surface area contributed by atoms with Gasteiger partial charge in [0.2, 0.25) is 0 Å². The lowest BCUT2D eigenvalue weighted by Crippen LogP contribution is -2.03. The van der Waals surface area contributed by atoms with Crippen LogP contribution in [0.4, 0.5) is 0 Å². The molecule has 0 N–H and O–H groups in total. The molecule has 0 aromatic carbocycles. The molecular weight excluding hydrogens is 268 g/mol. The van der Waals surface area contributed by atoms with Gasteiger partial charge >= 0.3 is 5.97 Å². The number of halogens is 1. The summed E-state index contributed by atoms with van der Waals surface area (Å²) in [6, 6.07) is 0. The summed E-state index contributed by atoms with van der Waals surface area (Å²) in [5.74, 6) is -0.0683. The zero-order chi connectivity index (χ0) is 12.1. The van der Waals surface area contributed by atoms with E-state index in [-0.39, 0.29) is 5.97 Å². The monoisotopic (exact) mass is 290 g/mol. The van der Waals surface area contributed by atoms with Crippen molar-refractivity contribution in [3.8, 4) is 0 Å². The molecule has 0 aliphatic carbocycles. The first-order valence-corrected chi connectivity index (χ1v) is 7.30. The van der Waals surface area contributed by atoms with Crippen LogP contribution in [0.2, 0.25) is 0 Å². The van der Waals surface area contributed by atoms with Crippen LogP contribution in [0.15, 0.2) is 12.2 Å². The lowest BCUT2D eigenvalue weighted by Gasteiger charge is -2.02. The Morgan fingerprint density at radius 3 is 2.50 bits per heavy atom. The highest BCUT2D eigenvalue weighted by molar-refractivity contribution is 9.09. The third kappa shape index (κ3) is 11.8. The lowest BCUT2D eigenvalue weighted by atomic mass is 10.1. The van der Waals surface area contributed by atoms with Gasteiger partial charge in [-0.15, -0.1) is 0 Å². The number of ether oxygens (including phenoxy) is 1. The summed E-state index contributed by atoms with van der Waals surface area (Å²) in [6.07, 6.45) is 11.2. The third-order valence-electron chi connectivity index (χ3n) is 2.26. The Morgan fingerprint density at radius 1 is 1.12 bits per heavy atom. The molecule has 0 spiro atoms. The molecule has 0 fully saturated rings. The molecule has 0 heterocycles. The molecule has 0 aromatic heterocycles. The van der Waals surface area contributed by atoms with Gasteiger partial charge in [0.05, 0.1) is 0 Å². The Hall–Kier alpha value is -0.310. The second kappa shape index (κ2) is 12.8. The molecule has 0 atom stereocenters. The van der Waals surface area contributed by atoms with Crippen LogP contribution in [0.1, 0.15) is 51.9 Å². The molecule has 0 rings (SSSR count). The van der Waals surface area contributed by atoms with E-state index in [9.17, 15) is 4.79 Å². The van der Waals surface area contributed by atoms with Gasteiger partial charge in [0.25, 0.3) is 0 Å². The number of hydrogen-bond acceptors (Lipinski definition) is 2. The number of esters is 1. The standard InChI is InChI=1S/C13H23BrO2/c1-2-3-9-12-16-13(15)10-7-5-4-6-8-11-14/h3,9H,2,4-8,10-12H2,1H3. The highest BCUT2D eigenvalue weighted by atomic mass is 79.9. The second-order valence-electron chi connectivity index (χ2n) is 3.77. The normalized spacial score (nSPS) is 10.9. The van der Waals surface area contributed by atoms with Gasteiger partial charge in [-0.25, -0.2) is 0 Å². The van der Waals surface area contributed by atoms with Crippen LogP contribution in [0.3, 0.4) is 0 Å². The van der Waals surface area contributed by atoms with E-state index in [1.165, 1.54) is 19.3 Å². The second-order valence-corrected chi connectivity index (χ2v) is 4.56. The molecule has 16 heavy (non-hydrogen) atoms. The molecule has 94 valence electrons. The van der Waals surface area contributed by atoms with E-state index in [2.05, 4.69) is 22.9 Å². The minimum atomic E-state index is -0.0683. The number of carbonyl (C=O) groups excluding carboxylic acids is 1. The predicted molar refractivity (Wildman–Crippen MR) is 71.9 cm³/mol. The SMILES string of the molecule is CCC=CCOC(=O)CCCCCCCBr. The zero-order valence-electron chi connectivity index (χ0n) is 10.2. The highest BCUT2D eigenvalue weighted by Gasteiger charge is 2.00. The van der Waals surface area contributed by atoms with Crippen LogP contribution in [-0.4, -0.2) is 17.9 Å². The van der Waals surface area contributed by atoms with Crippen LogP contribution in [-0.2, 0) is 9.53 Å². The van der Waals surface area contributed by atoms with Crippen molar-refractivity contribution in [1.82, 2.24) is 0 Å². The molecule has 2 nitrogen and oxygen atoms in total. The Morgan fingerprint density at radius 2 is 1.81 bits per heavy atom.